The van der Waals surface area contributed by atoms with Gasteiger partial charge in [0.15, 0.2) is 0 Å². The maximum Gasteiger partial charge on any atom is 0.204 e. The van der Waals surface area contributed by atoms with Gasteiger partial charge in [0, 0.05) is 15.6 Å². The summed E-state index contributed by atoms with van der Waals surface area (Å²) >= 11 is 4.95. The molecule has 0 saturated carbocycles. The highest BCUT2D eigenvalue weighted by atomic mass is 79.9. The molecular weight excluding hydrogens is 446 g/mol. The van der Waals surface area contributed by atoms with Crippen molar-refractivity contribution in [2.45, 2.75) is 6.92 Å². The van der Waals surface area contributed by atoms with Crippen LogP contribution in [0.4, 0.5) is 5.13 Å². The predicted molar refractivity (Wildman–Crippen MR) is 125 cm³/mol. The van der Waals surface area contributed by atoms with E-state index in [2.05, 4.69) is 69.8 Å². The van der Waals surface area contributed by atoms with E-state index in [0.29, 0.717) is 10.7 Å². The van der Waals surface area contributed by atoms with Crippen LogP contribution in [-0.2, 0) is 0 Å². The molecule has 0 aliphatic carbocycles. The summed E-state index contributed by atoms with van der Waals surface area (Å²) in [5.41, 5.74) is 7.92. The fraction of sp³-hybridized carbons (Fsp3) is 0.0435. The molecule has 0 unspecified atom stereocenters. The zero-order valence-corrected chi connectivity index (χ0v) is 18.0. The van der Waals surface area contributed by atoms with Crippen molar-refractivity contribution in [3.63, 3.8) is 0 Å². The van der Waals surface area contributed by atoms with Crippen LogP contribution in [0.25, 0.3) is 21.7 Å². The standard InChI is InChI=1S/C23H18BrN3OS/c1-15-7-9-16(10-8-15)21-22(17-5-3-2-4-6-17)29-23(26-21)27-25-14-18-13-19(24)11-12-20(18)28/h2-14,28H,1H3,(H,26,27)/b25-14-. The summed E-state index contributed by atoms with van der Waals surface area (Å²) in [6, 6.07) is 23.8. The zero-order valence-electron chi connectivity index (χ0n) is 15.6. The number of rotatable bonds is 5. The van der Waals surface area contributed by atoms with E-state index >= 15 is 0 Å². The van der Waals surface area contributed by atoms with Gasteiger partial charge in [0.1, 0.15) is 5.75 Å². The minimum absolute atomic E-state index is 0.170. The van der Waals surface area contributed by atoms with Crippen LogP contribution in [0.3, 0.4) is 0 Å². The van der Waals surface area contributed by atoms with E-state index in [1.807, 2.05) is 18.2 Å². The monoisotopic (exact) mass is 463 g/mol. The van der Waals surface area contributed by atoms with Crippen LogP contribution in [-0.4, -0.2) is 16.3 Å². The molecule has 1 aromatic heterocycles. The summed E-state index contributed by atoms with van der Waals surface area (Å²) in [6.45, 7) is 2.07. The predicted octanol–water partition coefficient (Wildman–Crippen LogP) is 6.70. The van der Waals surface area contributed by atoms with Gasteiger partial charge in [0.2, 0.25) is 5.13 Å². The van der Waals surface area contributed by atoms with Crippen molar-refractivity contribution >= 4 is 38.6 Å². The molecule has 144 valence electrons. The fourth-order valence-electron chi connectivity index (χ4n) is 2.85. The van der Waals surface area contributed by atoms with E-state index in [1.165, 1.54) is 5.56 Å². The Hall–Kier alpha value is -2.96. The highest BCUT2D eigenvalue weighted by molar-refractivity contribution is 9.10. The Balaban J connectivity index is 1.67. The molecule has 0 radical (unpaired) electrons. The Kier molecular flexibility index (Phi) is 5.74. The van der Waals surface area contributed by atoms with Crippen molar-refractivity contribution in [2.24, 2.45) is 5.10 Å². The van der Waals surface area contributed by atoms with Crippen LogP contribution in [0, 0.1) is 6.92 Å². The Bertz CT molecular complexity index is 1150. The molecule has 1 heterocycles. The van der Waals surface area contributed by atoms with Crippen molar-refractivity contribution in [2.75, 3.05) is 5.43 Å². The maximum atomic E-state index is 9.95. The molecule has 0 spiro atoms. The minimum atomic E-state index is 0.170. The highest BCUT2D eigenvalue weighted by Crippen LogP contribution is 2.39. The normalized spacial score (nSPS) is 11.1. The Labute approximate surface area is 181 Å². The van der Waals surface area contributed by atoms with Crippen LogP contribution in [0.15, 0.2) is 82.4 Å². The molecule has 4 aromatic rings. The number of hydrogen-bond donors (Lipinski definition) is 2. The average molecular weight is 464 g/mol. The number of hydrogen-bond acceptors (Lipinski definition) is 5. The molecule has 0 aliphatic heterocycles. The van der Waals surface area contributed by atoms with Crippen LogP contribution in [0.2, 0.25) is 0 Å². The van der Waals surface area contributed by atoms with Crippen molar-refractivity contribution in [1.29, 1.82) is 0 Å². The zero-order chi connectivity index (χ0) is 20.2. The number of hydrazone groups is 1. The SMILES string of the molecule is Cc1ccc(-c2nc(N/N=C\c3cc(Br)ccc3O)sc2-c2ccccc2)cc1. The van der Waals surface area contributed by atoms with Crippen LogP contribution >= 0.6 is 27.3 Å². The Morgan fingerprint density at radius 1 is 1.00 bits per heavy atom. The lowest BCUT2D eigenvalue weighted by Crippen LogP contribution is -1.91. The van der Waals surface area contributed by atoms with Gasteiger partial charge in [-0.05, 0) is 30.7 Å². The second-order valence-electron chi connectivity index (χ2n) is 6.50. The van der Waals surface area contributed by atoms with Gasteiger partial charge in [-0.2, -0.15) is 5.10 Å². The lowest BCUT2D eigenvalue weighted by atomic mass is 10.1. The summed E-state index contributed by atoms with van der Waals surface area (Å²) < 4.78 is 0.874. The van der Waals surface area contributed by atoms with Gasteiger partial charge in [0.05, 0.1) is 16.8 Å². The van der Waals surface area contributed by atoms with Crippen molar-refractivity contribution < 1.29 is 5.11 Å². The number of aromatic hydroxyl groups is 1. The Morgan fingerprint density at radius 2 is 1.76 bits per heavy atom. The average Bonchev–Trinajstić information content (AvgIpc) is 3.16. The molecule has 0 bridgehead atoms. The number of phenolic OH excluding ortho intramolecular Hbond substituents is 1. The van der Waals surface area contributed by atoms with Crippen molar-refractivity contribution in [3.8, 4) is 27.4 Å². The van der Waals surface area contributed by atoms with E-state index in [0.717, 1.165) is 26.2 Å². The number of aromatic nitrogens is 1. The van der Waals surface area contributed by atoms with Crippen molar-refractivity contribution in [3.05, 3.63) is 88.4 Å². The summed E-state index contributed by atoms with van der Waals surface area (Å²) in [5.74, 6) is 0.170. The third-order valence-electron chi connectivity index (χ3n) is 4.34. The first-order valence-corrected chi connectivity index (χ1v) is 10.6. The Morgan fingerprint density at radius 3 is 2.52 bits per heavy atom. The smallest absolute Gasteiger partial charge is 0.204 e. The van der Waals surface area contributed by atoms with Crippen LogP contribution in [0.5, 0.6) is 5.75 Å². The number of thiazole rings is 1. The molecule has 4 nitrogen and oxygen atoms in total. The topological polar surface area (TPSA) is 57.5 Å². The summed E-state index contributed by atoms with van der Waals surface area (Å²) in [7, 11) is 0. The molecule has 0 fully saturated rings. The van der Waals surface area contributed by atoms with Gasteiger partial charge < -0.3 is 5.11 Å². The molecule has 0 saturated heterocycles. The van der Waals surface area contributed by atoms with E-state index < -0.39 is 0 Å². The maximum absolute atomic E-state index is 9.95. The first-order chi connectivity index (χ1) is 14.1. The third-order valence-corrected chi connectivity index (χ3v) is 5.84. The molecule has 29 heavy (non-hydrogen) atoms. The number of halogens is 1. The van der Waals surface area contributed by atoms with Gasteiger partial charge in [0.25, 0.3) is 0 Å². The number of anilines is 1. The van der Waals surface area contributed by atoms with E-state index in [1.54, 1.807) is 35.8 Å². The molecule has 4 rings (SSSR count). The van der Waals surface area contributed by atoms with E-state index in [-0.39, 0.29) is 5.75 Å². The second kappa shape index (κ2) is 8.59. The quantitative estimate of drug-likeness (QED) is 0.255. The van der Waals surface area contributed by atoms with E-state index in [4.69, 9.17) is 4.98 Å². The van der Waals surface area contributed by atoms with Gasteiger partial charge in [-0.1, -0.05) is 87.4 Å². The number of nitrogens with zero attached hydrogens (tertiary/aromatic N) is 2. The number of phenols is 1. The minimum Gasteiger partial charge on any atom is -0.507 e. The van der Waals surface area contributed by atoms with Crippen molar-refractivity contribution in [1.82, 2.24) is 4.98 Å². The highest BCUT2D eigenvalue weighted by Gasteiger charge is 2.14. The summed E-state index contributed by atoms with van der Waals surface area (Å²) in [4.78, 5) is 5.86. The van der Waals surface area contributed by atoms with Gasteiger partial charge >= 0.3 is 0 Å². The van der Waals surface area contributed by atoms with Gasteiger partial charge in [-0.3, -0.25) is 5.43 Å². The molecule has 6 heteroatoms. The fourth-order valence-corrected chi connectivity index (χ4v) is 4.17. The molecular formula is C23H18BrN3OS. The first kappa shape index (κ1) is 19.4. The lowest BCUT2D eigenvalue weighted by molar-refractivity contribution is 0.474. The molecule has 2 N–H and O–H groups in total. The van der Waals surface area contributed by atoms with Crippen LogP contribution < -0.4 is 5.43 Å². The largest absolute Gasteiger partial charge is 0.507 e. The molecule has 0 atom stereocenters. The number of aryl methyl sites for hydroxylation is 1. The first-order valence-electron chi connectivity index (χ1n) is 9.01. The summed E-state index contributed by atoms with van der Waals surface area (Å²) in [6.07, 6.45) is 1.58. The molecule has 0 amide bonds. The molecule has 0 aliphatic rings. The number of nitrogens with one attached hydrogen (secondary N) is 1. The third kappa shape index (κ3) is 4.55. The second-order valence-corrected chi connectivity index (χ2v) is 8.42. The molecule has 3 aromatic carbocycles. The van der Waals surface area contributed by atoms with E-state index in [9.17, 15) is 5.11 Å². The van der Waals surface area contributed by atoms with Gasteiger partial charge in [-0.25, -0.2) is 4.98 Å². The summed E-state index contributed by atoms with van der Waals surface area (Å²) in [5, 5.41) is 14.9. The number of benzene rings is 3. The van der Waals surface area contributed by atoms with Gasteiger partial charge in [-0.15, -0.1) is 0 Å². The lowest BCUT2D eigenvalue weighted by Gasteiger charge is -2.03. The van der Waals surface area contributed by atoms with Crippen LogP contribution in [0.1, 0.15) is 11.1 Å².